The van der Waals surface area contributed by atoms with Crippen molar-refractivity contribution in [3.63, 3.8) is 0 Å². The minimum Gasteiger partial charge on any atom is -0.374 e. The summed E-state index contributed by atoms with van der Waals surface area (Å²) in [6.07, 6.45) is 7.51. The molecule has 0 saturated carbocycles. The Morgan fingerprint density at radius 1 is 1.45 bits per heavy atom. The van der Waals surface area contributed by atoms with Crippen molar-refractivity contribution in [1.29, 1.82) is 0 Å². The number of thioether (sulfide) groups is 1. The van der Waals surface area contributed by atoms with Crippen molar-refractivity contribution < 1.29 is 4.74 Å². The first-order valence-corrected chi connectivity index (χ1v) is 9.18. The van der Waals surface area contributed by atoms with E-state index in [0.29, 0.717) is 6.04 Å². The molecule has 2 atom stereocenters. The first kappa shape index (κ1) is 12.9. The Balaban J connectivity index is 1.63. The van der Waals surface area contributed by atoms with E-state index in [1.807, 2.05) is 18.0 Å². The minimum absolute atomic E-state index is 0.130. The molecule has 20 heavy (non-hydrogen) atoms. The molecule has 0 amide bonds. The molecule has 0 bridgehead atoms. The van der Waals surface area contributed by atoms with Crippen LogP contribution in [0.5, 0.6) is 0 Å². The second-order valence-electron chi connectivity index (χ2n) is 5.62. The quantitative estimate of drug-likeness (QED) is 0.843. The van der Waals surface area contributed by atoms with Crippen LogP contribution in [0.3, 0.4) is 0 Å². The maximum Gasteiger partial charge on any atom is 0.150 e. The molecule has 4 heterocycles. The second-order valence-corrected chi connectivity index (χ2v) is 7.67. The Morgan fingerprint density at radius 3 is 3.25 bits per heavy atom. The lowest BCUT2D eigenvalue weighted by atomic mass is 9.89. The topological polar surface area (TPSA) is 27.1 Å². The third-order valence-corrected chi connectivity index (χ3v) is 6.43. The largest absolute Gasteiger partial charge is 0.374 e. The van der Waals surface area contributed by atoms with Crippen LogP contribution in [0.15, 0.2) is 29.9 Å². The predicted molar refractivity (Wildman–Crippen MR) is 84.4 cm³/mol. The van der Waals surface area contributed by atoms with Crippen molar-refractivity contribution in [3.05, 3.63) is 29.9 Å². The molecule has 2 aromatic rings. The summed E-state index contributed by atoms with van der Waals surface area (Å²) in [6, 6.07) is 4.78. The van der Waals surface area contributed by atoms with Crippen molar-refractivity contribution >= 4 is 23.1 Å². The molecule has 2 unspecified atom stereocenters. The number of rotatable bonds is 2. The summed E-state index contributed by atoms with van der Waals surface area (Å²) in [7, 11) is 0. The Labute approximate surface area is 127 Å². The molecule has 2 aliphatic rings. The van der Waals surface area contributed by atoms with E-state index in [2.05, 4.69) is 33.3 Å². The molecule has 0 aliphatic carbocycles. The number of aromatic nitrogens is 2. The number of thiophene rings is 1. The molecule has 1 spiro atoms. The lowest BCUT2D eigenvalue weighted by Gasteiger charge is -2.38. The van der Waals surface area contributed by atoms with E-state index < -0.39 is 0 Å². The number of hydrogen-bond acceptors (Lipinski definition) is 4. The van der Waals surface area contributed by atoms with Gasteiger partial charge in [-0.15, -0.1) is 11.3 Å². The van der Waals surface area contributed by atoms with Crippen LogP contribution >= 0.6 is 23.1 Å². The van der Waals surface area contributed by atoms with Crippen LogP contribution in [0.25, 0.3) is 10.7 Å². The molecule has 2 aliphatic heterocycles. The van der Waals surface area contributed by atoms with Crippen molar-refractivity contribution in [3.8, 4) is 10.7 Å². The van der Waals surface area contributed by atoms with E-state index >= 15 is 0 Å². The highest BCUT2D eigenvalue weighted by Crippen LogP contribution is 2.43. The highest BCUT2D eigenvalue weighted by Gasteiger charge is 2.41. The maximum atomic E-state index is 6.13. The first-order valence-electron chi connectivity index (χ1n) is 7.15. The highest BCUT2D eigenvalue weighted by molar-refractivity contribution is 7.99. The van der Waals surface area contributed by atoms with Crippen molar-refractivity contribution in [2.45, 2.75) is 30.9 Å². The molecule has 106 valence electrons. The van der Waals surface area contributed by atoms with Gasteiger partial charge in [-0.2, -0.15) is 11.8 Å². The van der Waals surface area contributed by atoms with Crippen molar-refractivity contribution in [1.82, 2.24) is 9.55 Å². The molecule has 2 saturated heterocycles. The normalized spacial score (nSPS) is 30.1. The van der Waals surface area contributed by atoms with Crippen LogP contribution in [-0.4, -0.2) is 33.3 Å². The monoisotopic (exact) mass is 306 g/mol. The van der Waals surface area contributed by atoms with Gasteiger partial charge in [0.1, 0.15) is 5.82 Å². The Kier molecular flexibility index (Phi) is 3.36. The molecule has 0 radical (unpaired) electrons. The van der Waals surface area contributed by atoms with Crippen LogP contribution in [0.1, 0.15) is 25.3 Å². The summed E-state index contributed by atoms with van der Waals surface area (Å²) in [5.74, 6) is 3.52. The lowest BCUT2D eigenvalue weighted by Crippen LogP contribution is -2.40. The average Bonchev–Trinajstić information content (AvgIpc) is 3.20. The fourth-order valence-corrected chi connectivity index (χ4v) is 5.41. The van der Waals surface area contributed by atoms with Gasteiger partial charge in [0.05, 0.1) is 10.5 Å². The molecule has 3 nitrogen and oxygen atoms in total. The Hall–Kier alpha value is -0.780. The fourth-order valence-electron chi connectivity index (χ4n) is 3.31. The standard InChI is InChI=1S/C15H18N2OS2/c1-2-13(20-8-1)14-16-5-6-17(14)12-3-7-18-15(10-12)4-9-19-11-15/h1-2,5-6,8,12H,3-4,7,9-11H2. The van der Waals surface area contributed by atoms with E-state index in [1.54, 1.807) is 11.3 Å². The molecule has 2 fully saturated rings. The zero-order valence-corrected chi connectivity index (χ0v) is 13.0. The van der Waals surface area contributed by atoms with E-state index in [1.165, 1.54) is 17.1 Å². The average molecular weight is 306 g/mol. The summed E-state index contributed by atoms with van der Waals surface area (Å²) in [5.41, 5.74) is 0.130. The Morgan fingerprint density at radius 2 is 2.45 bits per heavy atom. The molecular formula is C15H18N2OS2. The molecular weight excluding hydrogens is 288 g/mol. The SMILES string of the molecule is c1csc(-c2nccn2C2CCOC3(CCSC3)C2)c1. The van der Waals surface area contributed by atoms with Gasteiger partial charge in [-0.1, -0.05) is 6.07 Å². The lowest BCUT2D eigenvalue weighted by molar-refractivity contribution is -0.0759. The van der Waals surface area contributed by atoms with Gasteiger partial charge in [-0.25, -0.2) is 4.98 Å². The number of hydrogen-bond donors (Lipinski definition) is 0. The molecule has 4 rings (SSSR count). The molecule has 0 aromatic carbocycles. The summed E-state index contributed by atoms with van der Waals surface area (Å²) in [6.45, 7) is 0.882. The van der Waals surface area contributed by atoms with Gasteiger partial charge in [0.2, 0.25) is 0 Å². The predicted octanol–water partition coefficient (Wildman–Crippen LogP) is 3.84. The minimum atomic E-state index is 0.130. The van der Waals surface area contributed by atoms with Crippen LogP contribution in [0, 0.1) is 0 Å². The van der Waals surface area contributed by atoms with Crippen LogP contribution in [0.4, 0.5) is 0 Å². The zero-order chi connectivity index (χ0) is 13.4. The third kappa shape index (κ3) is 2.22. The smallest absolute Gasteiger partial charge is 0.150 e. The van der Waals surface area contributed by atoms with E-state index in [0.717, 1.165) is 31.0 Å². The second kappa shape index (κ2) is 5.20. The summed E-state index contributed by atoms with van der Waals surface area (Å²) in [4.78, 5) is 5.84. The van der Waals surface area contributed by atoms with Gasteiger partial charge in [0, 0.05) is 30.8 Å². The van der Waals surface area contributed by atoms with Crippen molar-refractivity contribution in [2.75, 3.05) is 18.1 Å². The third-order valence-electron chi connectivity index (χ3n) is 4.34. The summed E-state index contributed by atoms with van der Waals surface area (Å²) >= 11 is 3.80. The van der Waals surface area contributed by atoms with Gasteiger partial charge in [-0.3, -0.25) is 0 Å². The van der Waals surface area contributed by atoms with Gasteiger partial charge >= 0.3 is 0 Å². The van der Waals surface area contributed by atoms with Crippen LogP contribution < -0.4 is 0 Å². The summed E-state index contributed by atoms with van der Waals surface area (Å²) < 4.78 is 8.51. The van der Waals surface area contributed by atoms with Gasteiger partial charge in [-0.05, 0) is 36.5 Å². The molecule has 2 aromatic heterocycles. The zero-order valence-electron chi connectivity index (χ0n) is 11.3. The van der Waals surface area contributed by atoms with E-state index in [4.69, 9.17) is 4.74 Å². The number of nitrogens with zero attached hydrogens (tertiary/aromatic N) is 2. The highest BCUT2D eigenvalue weighted by atomic mass is 32.2. The number of ether oxygens (including phenoxy) is 1. The van der Waals surface area contributed by atoms with Gasteiger partial charge in [0.15, 0.2) is 0 Å². The van der Waals surface area contributed by atoms with Crippen LogP contribution in [0.2, 0.25) is 0 Å². The van der Waals surface area contributed by atoms with Crippen LogP contribution in [-0.2, 0) is 4.74 Å². The maximum absolute atomic E-state index is 6.13. The fraction of sp³-hybridized carbons (Fsp3) is 0.533. The van der Waals surface area contributed by atoms with Crippen molar-refractivity contribution in [2.24, 2.45) is 0 Å². The van der Waals surface area contributed by atoms with Gasteiger partial charge < -0.3 is 9.30 Å². The molecule has 5 heteroatoms. The molecule has 0 N–H and O–H groups in total. The first-order chi connectivity index (χ1) is 9.86. The number of imidazole rings is 1. The summed E-state index contributed by atoms with van der Waals surface area (Å²) in [5, 5.41) is 2.12. The Bertz CT molecular complexity index is 572. The van der Waals surface area contributed by atoms with E-state index in [9.17, 15) is 0 Å². The van der Waals surface area contributed by atoms with Gasteiger partial charge in [0.25, 0.3) is 0 Å². The van der Waals surface area contributed by atoms with E-state index in [-0.39, 0.29) is 5.60 Å².